The number of hydrogen-bond donors (Lipinski definition) is 1. The number of hydrogen-bond acceptors (Lipinski definition) is 4. The van der Waals surface area contributed by atoms with E-state index < -0.39 is 5.91 Å². The highest BCUT2D eigenvalue weighted by atomic mass is 35.5. The number of nitrogens with one attached hydrogen (secondary N) is 1. The molecule has 3 rings (SSSR count). The molecule has 0 fully saturated rings. The Bertz CT molecular complexity index is 1270. The molecule has 0 heterocycles. The van der Waals surface area contributed by atoms with Crippen molar-refractivity contribution in [3.8, 4) is 17.6 Å². The van der Waals surface area contributed by atoms with Gasteiger partial charge in [-0.2, -0.15) is 5.26 Å². The smallest absolute Gasteiger partial charge is 0.266 e. The third-order valence-electron chi connectivity index (χ3n) is 4.42. The highest BCUT2D eigenvalue weighted by Crippen LogP contribution is 2.31. The summed E-state index contributed by atoms with van der Waals surface area (Å²) < 4.78 is 11.2. The van der Waals surface area contributed by atoms with Gasteiger partial charge in [0.15, 0.2) is 11.5 Å². The minimum atomic E-state index is -0.588. The number of carbonyl (C=O) groups excluding carboxylic acids is 1. The first-order chi connectivity index (χ1) is 15.8. The number of rotatable bonds is 7. The summed E-state index contributed by atoms with van der Waals surface area (Å²) in [5.74, 6) is 0.334. The second kappa shape index (κ2) is 11.3. The molecule has 3 aromatic rings. The number of amides is 1. The van der Waals surface area contributed by atoms with E-state index in [-0.39, 0.29) is 17.2 Å². The van der Waals surface area contributed by atoms with Crippen LogP contribution in [0.25, 0.3) is 6.08 Å². The Balaban J connectivity index is 1.75. The molecule has 9 heteroatoms. The van der Waals surface area contributed by atoms with Crippen LogP contribution in [0, 0.1) is 11.3 Å². The number of anilines is 1. The van der Waals surface area contributed by atoms with Crippen LogP contribution in [0.4, 0.5) is 5.69 Å². The van der Waals surface area contributed by atoms with Crippen molar-refractivity contribution in [2.75, 3.05) is 12.4 Å². The highest BCUT2D eigenvalue weighted by Gasteiger charge is 2.12. The Morgan fingerprint density at radius 1 is 0.939 bits per heavy atom. The molecule has 0 unspecified atom stereocenters. The maximum atomic E-state index is 12.5. The number of carbonyl (C=O) groups is 1. The number of methoxy groups -OCH3 is 1. The average molecular weight is 522 g/mol. The van der Waals surface area contributed by atoms with Gasteiger partial charge in [-0.15, -0.1) is 0 Å². The third-order valence-corrected chi connectivity index (χ3v) is 5.90. The lowest BCUT2D eigenvalue weighted by molar-refractivity contribution is -0.112. The normalized spacial score (nSPS) is 11.0. The second-order valence-corrected chi connectivity index (χ2v) is 8.33. The standard InChI is InChI=1S/C24H16Cl4N2O3/c1-32-23-10-14(3-7-22(23)33-13-15-2-5-18(25)20(27)9-15)8-16(12-29)24(31)30-17-4-6-19(26)21(28)11-17/h2-11H,13H2,1H3,(H,30,31)/b16-8+. The number of benzene rings is 3. The Hall–Kier alpha value is -2.88. The van der Waals surface area contributed by atoms with E-state index in [1.165, 1.54) is 19.3 Å². The summed E-state index contributed by atoms with van der Waals surface area (Å²) in [5, 5.41) is 13.6. The molecule has 0 radical (unpaired) electrons. The third kappa shape index (κ3) is 6.56. The van der Waals surface area contributed by atoms with Crippen molar-refractivity contribution in [3.63, 3.8) is 0 Å². The molecule has 0 bridgehead atoms. The van der Waals surface area contributed by atoms with E-state index in [4.69, 9.17) is 55.9 Å². The van der Waals surface area contributed by atoms with Crippen molar-refractivity contribution in [3.05, 3.63) is 91.4 Å². The second-order valence-electron chi connectivity index (χ2n) is 6.70. The molecule has 0 saturated carbocycles. The first kappa shape index (κ1) is 24.8. The summed E-state index contributed by atoms with van der Waals surface area (Å²) in [6.45, 7) is 0.248. The Labute approximate surface area is 211 Å². The molecule has 33 heavy (non-hydrogen) atoms. The van der Waals surface area contributed by atoms with Crippen molar-refractivity contribution >= 4 is 64.1 Å². The van der Waals surface area contributed by atoms with Crippen LogP contribution in [0.3, 0.4) is 0 Å². The lowest BCUT2D eigenvalue weighted by Gasteiger charge is -2.12. The van der Waals surface area contributed by atoms with Crippen molar-refractivity contribution in [1.82, 2.24) is 0 Å². The molecule has 3 aromatic carbocycles. The summed E-state index contributed by atoms with van der Waals surface area (Å²) >= 11 is 23.8. The zero-order chi connectivity index (χ0) is 24.0. The van der Waals surface area contributed by atoms with Gasteiger partial charge < -0.3 is 14.8 Å². The summed E-state index contributed by atoms with van der Waals surface area (Å²) in [6.07, 6.45) is 1.44. The van der Waals surface area contributed by atoms with E-state index in [9.17, 15) is 10.1 Å². The van der Waals surface area contributed by atoms with Crippen LogP contribution in [0.2, 0.25) is 20.1 Å². The van der Waals surface area contributed by atoms with Crippen molar-refractivity contribution in [1.29, 1.82) is 5.26 Å². The maximum Gasteiger partial charge on any atom is 0.266 e. The van der Waals surface area contributed by atoms with E-state index in [2.05, 4.69) is 5.32 Å². The molecule has 0 aliphatic rings. The highest BCUT2D eigenvalue weighted by molar-refractivity contribution is 6.42. The monoisotopic (exact) mass is 520 g/mol. The largest absolute Gasteiger partial charge is 0.493 e. The van der Waals surface area contributed by atoms with E-state index in [1.807, 2.05) is 12.1 Å². The fraction of sp³-hybridized carbons (Fsp3) is 0.0833. The van der Waals surface area contributed by atoms with Crippen LogP contribution in [0.1, 0.15) is 11.1 Å². The van der Waals surface area contributed by atoms with E-state index in [0.717, 1.165) is 5.56 Å². The zero-order valence-corrected chi connectivity index (χ0v) is 20.2. The van der Waals surface area contributed by atoms with Gasteiger partial charge in [0.2, 0.25) is 0 Å². The van der Waals surface area contributed by atoms with Crippen molar-refractivity contribution in [2.24, 2.45) is 0 Å². The average Bonchev–Trinajstić information content (AvgIpc) is 2.80. The summed E-state index contributed by atoms with van der Waals surface area (Å²) in [4.78, 5) is 12.5. The fourth-order valence-corrected chi connectivity index (χ4v) is 3.39. The van der Waals surface area contributed by atoms with E-state index in [0.29, 0.717) is 37.8 Å². The van der Waals surface area contributed by atoms with Crippen LogP contribution < -0.4 is 14.8 Å². The van der Waals surface area contributed by atoms with Crippen LogP contribution >= 0.6 is 46.4 Å². The number of halogens is 4. The first-order valence-corrected chi connectivity index (χ1v) is 10.9. The molecular formula is C24H16Cl4N2O3. The Morgan fingerprint density at radius 2 is 1.64 bits per heavy atom. The number of nitrogens with zero attached hydrogens (tertiary/aromatic N) is 1. The molecule has 0 spiro atoms. The molecule has 1 N–H and O–H groups in total. The summed E-state index contributed by atoms with van der Waals surface area (Å²) in [6, 6.07) is 16.8. The van der Waals surface area contributed by atoms with Gasteiger partial charge >= 0.3 is 0 Å². The lowest BCUT2D eigenvalue weighted by atomic mass is 10.1. The number of nitriles is 1. The topological polar surface area (TPSA) is 71.3 Å². The SMILES string of the molecule is COc1cc(/C=C(\C#N)C(=O)Nc2ccc(Cl)c(Cl)c2)ccc1OCc1ccc(Cl)c(Cl)c1. The lowest BCUT2D eigenvalue weighted by Crippen LogP contribution is -2.13. The van der Waals surface area contributed by atoms with Crippen molar-refractivity contribution < 1.29 is 14.3 Å². The molecule has 5 nitrogen and oxygen atoms in total. The molecular weight excluding hydrogens is 506 g/mol. The molecule has 0 saturated heterocycles. The van der Waals surface area contributed by atoms with Crippen LogP contribution in [0.15, 0.2) is 60.2 Å². The van der Waals surface area contributed by atoms with Gasteiger partial charge in [-0.1, -0.05) is 58.5 Å². The maximum absolute atomic E-state index is 12.5. The van der Waals surface area contributed by atoms with Crippen LogP contribution in [-0.4, -0.2) is 13.0 Å². The van der Waals surface area contributed by atoms with Gasteiger partial charge in [-0.25, -0.2) is 0 Å². The van der Waals surface area contributed by atoms with Gasteiger partial charge in [-0.05, 0) is 59.7 Å². The van der Waals surface area contributed by atoms with Gasteiger partial charge in [-0.3, -0.25) is 4.79 Å². The van der Waals surface area contributed by atoms with Gasteiger partial charge in [0.05, 0.1) is 27.2 Å². The first-order valence-electron chi connectivity index (χ1n) is 9.43. The minimum absolute atomic E-state index is 0.104. The summed E-state index contributed by atoms with van der Waals surface area (Å²) in [5.41, 5.74) is 1.72. The molecule has 168 valence electrons. The zero-order valence-electron chi connectivity index (χ0n) is 17.2. The number of ether oxygens (including phenoxy) is 2. The minimum Gasteiger partial charge on any atom is -0.493 e. The predicted molar refractivity (Wildman–Crippen MR) is 132 cm³/mol. The molecule has 0 aliphatic carbocycles. The molecule has 0 aromatic heterocycles. The molecule has 1 amide bonds. The van der Waals surface area contributed by atoms with E-state index >= 15 is 0 Å². The van der Waals surface area contributed by atoms with Gasteiger partial charge in [0, 0.05) is 5.69 Å². The van der Waals surface area contributed by atoms with Gasteiger partial charge in [0.1, 0.15) is 18.2 Å². The van der Waals surface area contributed by atoms with Gasteiger partial charge in [0.25, 0.3) is 5.91 Å². The molecule has 0 aliphatic heterocycles. The van der Waals surface area contributed by atoms with E-state index in [1.54, 1.807) is 42.5 Å². The Kier molecular flexibility index (Phi) is 8.49. The van der Waals surface area contributed by atoms with Crippen LogP contribution in [-0.2, 0) is 11.4 Å². The summed E-state index contributed by atoms with van der Waals surface area (Å²) in [7, 11) is 1.50. The predicted octanol–water partition coefficient (Wildman–Crippen LogP) is 7.43. The fourth-order valence-electron chi connectivity index (χ4n) is 2.77. The quantitative estimate of drug-likeness (QED) is 0.259. The van der Waals surface area contributed by atoms with Crippen molar-refractivity contribution in [2.45, 2.75) is 6.61 Å². The molecule has 0 atom stereocenters. The van der Waals surface area contributed by atoms with Crippen LogP contribution in [0.5, 0.6) is 11.5 Å². The Morgan fingerprint density at radius 3 is 2.27 bits per heavy atom.